The number of nitrogen functional groups attached to an aromatic ring is 1. The first-order valence-electron chi connectivity index (χ1n) is 5.93. The lowest BCUT2D eigenvalue weighted by Crippen LogP contribution is -2.20. The van der Waals surface area contributed by atoms with Gasteiger partial charge < -0.3 is 10.6 Å². The summed E-state index contributed by atoms with van der Waals surface area (Å²) in [4.78, 5) is 6.15. The molecule has 6 heteroatoms. The maximum Gasteiger partial charge on any atom is 0.148 e. The maximum absolute atomic E-state index is 7.49. The molecule has 104 valence electrons. The minimum absolute atomic E-state index is 0.0708. The summed E-state index contributed by atoms with van der Waals surface area (Å²) in [7, 11) is 1.88. The minimum Gasteiger partial charge on any atom is -0.384 e. The van der Waals surface area contributed by atoms with E-state index in [1.54, 1.807) is 12.3 Å². The molecule has 0 spiro atoms. The summed E-state index contributed by atoms with van der Waals surface area (Å²) >= 11 is 12.1. The van der Waals surface area contributed by atoms with Crippen LogP contribution < -0.4 is 10.6 Å². The fourth-order valence-corrected chi connectivity index (χ4v) is 2.33. The summed E-state index contributed by atoms with van der Waals surface area (Å²) in [6.45, 7) is 0.630. The first-order chi connectivity index (χ1) is 9.49. The summed E-state index contributed by atoms with van der Waals surface area (Å²) in [5.41, 5.74) is 7.06. The van der Waals surface area contributed by atoms with Crippen molar-refractivity contribution >= 4 is 34.9 Å². The third-order valence-corrected chi connectivity index (χ3v) is 3.48. The van der Waals surface area contributed by atoms with Crippen molar-refractivity contribution in [3.05, 3.63) is 57.7 Å². The molecular weight excluding hydrogens is 295 g/mol. The molecule has 0 aliphatic carbocycles. The van der Waals surface area contributed by atoms with E-state index in [1.807, 2.05) is 36.2 Å². The van der Waals surface area contributed by atoms with E-state index in [4.69, 9.17) is 34.3 Å². The van der Waals surface area contributed by atoms with Gasteiger partial charge in [-0.05, 0) is 23.8 Å². The van der Waals surface area contributed by atoms with E-state index < -0.39 is 0 Å². The van der Waals surface area contributed by atoms with Crippen LogP contribution in [0.15, 0.2) is 36.5 Å². The molecule has 1 aromatic heterocycles. The van der Waals surface area contributed by atoms with E-state index in [-0.39, 0.29) is 5.84 Å². The molecule has 20 heavy (non-hydrogen) atoms. The molecule has 3 N–H and O–H groups in total. The maximum atomic E-state index is 7.49. The number of hydrogen-bond acceptors (Lipinski definition) is 3. The quantitative estimate of drug-likeness (QED) is 0.672. The number of nitrogens with two attached hydrogens (primary N) is 1. The van der Waals surface area contributed by atoms with Gasteiger partial charge in [-0.15, -0.1) is 0 Å². The van der Waals surface area contributed by atoms with Crippen molar-refractivity contribution in [1.82, 2.24) is 4.98 Å². The molecule has 2 rings (SSSR count). The molecule has 0 atom stereocenters. The molecule has 1 heterocycles. The van der Waals surface area contributed by atoms with Crippen molar-refractivity contribution in [2.24, 2.45) is 5.73 Å². The molecule has 0 saturated heterocycles. The number of benzene rings is 1. The summed E-state index contributed by atoms with van der Waals surface area (Å²) < 4.78 is 0. The highest BCUT2D eigenvalue weighted by molar-refractivity contribution is 6.36. The fourth-order valence-electron chi connectivity index (χ4n) is 1.85. The Morgan fingerprint density at radius 3 is 2.50 bits per heavy atom. The molecule has 1 aromatic carbocycles. The number of rotatable bonds is 4. The minimum atomic E-state index is -0.0708. The molecule has 0 bridgehead atoms. The Labute approximate surface area is 127 Å². The number of pyridine rings is 1. The van der Waals surface area contributed by atoms with Crippen LogP contribution in [0.25, 0.3) is 0 Å². The van der Waals surface area contributed by atoms with Crippen molar-refractivity contribution in [1.29, 1.82) is 5.41 Å². The number of amidine groups is 1. The molecule has 0 fully saturated rings. The topological polar surface area (TPSA) is 66.0 Å². The van der Waals surface area contributed by atoms with E-state index in [9.17, 15) is 0 Å². The number of hydrogen-bond donors (Lipinski definition) is 2. The van der Waals surface area contributed by atoms with Crippen LogP contribution in [0.5, 0.6) is 0 Å². The largest absolute Gasteiger partial charge is 0.384 e. The predicted octanol–water partition coefficient (Wildman–Crippen LogP) is 3.31. The first-order valence-corrected chi connectivity index (χ1v) is 6.69. The van der Waals surface area contributed by atoms with Crippen molar-refractivity contribution in [2.45, 2.75) is 6.54 Å². The average Bonchev–Trinajstić information content (AvgIpc) is 2.41. The molecule has 4 nitrogen and oxygen atoms in total. The van der Waals surface area contributed by atoms with Crippen LogP contribution in [0.2, 0.25) is 10.0 Å². The van der Waals surface area contributed by atoms with Crippen LogP contribution in [0.3, 0.4) is 0 Å². The van der Waals surface area contributed by atoms with Gasteiger partial charge in [-0.25, -0.2) is 4.98 Å². The Kier molecular flexibility index (Phi) is 4.47. The smallest absolute Gasteiger partial charge is 0.148 e. The van der Waals surface area contributed by atoms with Crippen LogP contribution in [0.1, 0.15) is 11.1 Å². The van der Waals surface area contributed by atoms with E-state index in [0.29, 0.717) is 28.0 Å². The van der Waals surface area contributed by atoms with Crippen LogP contribution in [0, 0.1) is 5.41 Å². The molecule has 2 aromatic rings. The van der Waals surface area contributed by atoms with Crippen molar-refractivity contribution in [3.63, 3.8) is 0 Å². The Hall–Kier alpha value is -1.78. The molecule has 0 aliphatic heterocycles. The SMILES string of the molecule is CN(Cc1ccc(Cl)cc1)c1nccc(C(=N)N)c1Cl. The van der Waals surface area contributed by atoms with Gasteiger partial charge in [-0.1, -0.05) is 35.3 Å². The van der Waals surface area contributed by atoms with E-state index in [1.165, 1.54) is 0 Å². The summed E-state index contributed by atoms with van der Waals surface area (Å²) in [5, 5.41) is 8.58. The third-order valence-electron chi connectivity index (χ3n) is 2.86. The van der Waals surface area contributed by atoms with Gasteiger partial charge in [0.25, 0.3) is 0 Å². The zero-order valence-corrected chi connectivity index (χ0v) is 12.4. The van der Waals surface area contributed by atoms with Crippen LogP contribution in [-0.4, -0.2) is 17.9 Å². The fraction of sp³-hybridized carbons (Fsp3) is 0.143. The van der Waals surface area contributed by atoms with Crippen molar-refractivity contribution in [3.8, 4) is 0 Å². The zero-order chi connectivity index (χ0) is 14.7. The van der Waals surface area contributed by atoms with Gasteiger partial charge in [0, 0.05) is 30.4 Å². The van der Waals surface area contributed by atoms with Crippen LogP contribution in [-0.2, 0) is 6.54 Å². The second kappa shape index (κ2) is 6.11. The molecule has 0 amide bonds. The summed E-state index contributed by atoms with van der Waals surface area (Å²) in [6.07, 6.45) is 1.59. The van der Waals surface area contributed by atoms with Gasteiger partial charge in [-0.3, -0.25) is 5.41 Å². The van der Waals surface area contributed by atoms with Gasteiger partial charge in [0.15, 0.2) is 0 Å². The molecule has 0 radical (unpaired) electrons. The van der Waals surface area contributed by atoms with Crippen molar-refractivity contribution < 1.29 is 0 Å². The van der Waals surface area contributed by atoms with E-state index >= 15 is 0 Å². The summed E-state index contributed by atoms with van der Waals surface area (Å²) in [6, 6.07) is 9.20. The van der Waals surface area contributed by atoms with Gasteiger partial charge in [0.2, 0.25) is 0 Å². The Balaban J connectivity index is 2.25. The Morgan fingerprint density at radius 1 is 1.25 bits per heavy atom. The summed E-state index contributed by atoms with van der Waals surface area (Å²) in [5.74, 6) is 0.521. The number of nitrogens with one attached hydrogen (secondary N) is 1. The first kappa shape index (κ1) is 14.6. The van der Waals surface area contributed by atoms with Crippen molar-refractivity contribution in [2.75, 3.05) is 11.9 Å². The Morgan fingerprint density at radius 2 is 1.90 bits per heavy atom. The number of halogens is 2. The van der Waals surface area contributed by atoms with Crippen LogP contribution in [0.4, 0.5) is 5.82 Å². The second-order valence-corrected chi connectivity index (χ2v) is 5.21. The average molecular weight is 309 g/mol. The highest BCUT2D eigenvalue weighted by atomic mass is 35.5. The van der Waals surface area contributed by atoms with Gasteiger partial charge >= 0.3 is 0 Å². The predicted molar refractivity (Wildman–Crippen MR) is 83.8 cm³/mol. The number of aromatic nitrogens is 1. The molecule has 0 unspecified atom stereocenters. The van der Waals surface area contributed by atoms with Gasteiger partial charge in [-0.2, -0.15) is 0 Å². The van der Waals surface area contributed by atoms with E-state index in [0.717, 1.165) is 5.56 Å². The highest BCUT2D eigenvalue weighted by Crippen LogP contribution is 2.27. The third kappa shape index (κ3) is 3.21. The van der Waals surface area contributed by atoms with E-state index in [2.05, 4.69) is 4.98 Å². The zero-order valence-electron chi connectivity index (χ0n) is 10.9. The second-order valence-electron chi connectivity index (χ2n) is 4.39. The van der Waals surface area contributed by atoms with Gasteiger partial charge in [0.1, 0.15) is 11.7 Å². The van der Waals surface area contributed by atoms with Gasteiger partial charge in [0.05, 0.1) is 5.02 Å². The molecule has 0 saturated carbocycles. The lowest BCUT2D eigenvalue weighted by Gasteiger charge is -2.20. The lowest BCUT2D eigenvalue weighted by molar-refractivity contribution is 0.898. The normalized spacial score (nSPS) is 10.3. The monoisotopic (exact) mass is 308 g/mol. The molecular formula is C14H14Cl2N4. The number of anilines is 1. The Bertz CT molecular complexity index is 626. The number of nitrogens with zero attached hydrogens (tertiary/aromatic N) is 2. The lowest BCUT2D eigenvalue weighted by atomic mass is 10.2. The highest BCUT2D eigenvalue weighted by Gasteiger charge is 2.13. The van der Waals surface area contributed by atoms with Crippen LogP contribution >= 0.6 is 23.2 Å². The molecule has 0 aliphatic rings. The standard InChI is InChI=1S/C14H14Cl2N4/c1-20(8-9-2-4-10(15)5-3-9)14-12(16)11(13(17)18)6-7-19-14/h2-7H,8H2,1H3,(H3,17,18).